The smallest absolute Gasteiger partial charge is 0.0613 e. The number of nitrogens with one attached hydrogen (secondary N) is 1. The highest BCUT2D eigenvalue weighted by molar-refractivity contribution is 4.94. The van der Waals surface area contributed by atoms with E-state index in [4.69, 9.17) is 0 Å². The van der Waals surface area contributed by atoms with Gasteiger partial charge in [-0.05, 0) is 19.8 Å². The second-order valence-electron chi connectivity index (χ2n) is 3.60. The highest BCUT2D eigenvalue weighted by Crippen LogP contribution is 2.28. The molecule has 0 aromatic carbocycles. The Morgan fingerprint density at radius 1 is 1.42 bits per heavy atom. The molecule has 0 bridgehead atoms. The summed E-state index contributed by atoms with van der Waals surface area (Å²) in [4.78, 5) is 0. The van der Waals surface area contributed by atoms with Gasteiger partial charge in [0, 0.05) is 12.1 Å². The van der Waals surface area contributed by atoms with Crippen molar-refractivity contribution in [2.45, 2.75) is 38.1 Å². The molecule has 12 heavy (non-hydrogen) atoms. The lowest BCUT2D eigenvalue weighted by Crippen LogP contribution is -2.46. The van der Waals surface area contributed by atoms with Crippen molar-refractivity contribution >= 4 is 0 Å². The summed E-state index contributed by atoms with van der Waals surface area (Å²) in [5.41, 5.74) is 0.0412. The van der Waals surface area contributed by atoms with Crippen LogP contribution in [0.2, 0.25) is 0 Å². The molecule has 0 amide bonds. The van der Waals surface area contributed by atoms with Gasteiger partial charge in [0.15, 0.2) is 0 Å². The molecule has 0 radical (unpaired) electrons. The summed E-state index contributed by atoms with van der Waals surface area (Å²) in [7, 11) is 0. The third-order valence-electron chi connectivity index (χ3n) is 2.69. The van der Waals surface area contributed by atoms with Gasteiger partial charge in [0.2, 0.25) is 0 Å². The van der Waals surface area contributed by atoms with Gasteiger partial charge in [0.1, 0.15) is 0 Å². The Hall–Kier alpha value is -0.340. The van der Waals surface area contributed by atoms with Crippen LogP contribution in [-0.2, 0) is 0 Å². The molecule has 1 saturated carbocycles. The molecular formula is C10H19NO. The topological polar surface area (TPSA) is 32.3 Å². The number of rotatable bonds is 4. The van der Waals surface area contributed by atoms with Crippen LogP contribution in [0.3, 0.4) is 0 Å². The highest BCUT2D eigenvalue weighted by Gasteiger charge is 2.31. The number of hydrogen-bond acceptors (Lipinski definition) is 2. The summed E-state index contributed by atoms with van der Waals surface area (Å²) < 4.78 is 0. The van der Waals surface area contributed by atoms with Crippen molar-refractivity contribution in [3.8, 4) is 0 Å². The third kappa shape index (κ3) is 2.32. The van der Waals surface area contributed by atoms with Gasteiger partial charge in [-0.2, -0.15) is 0 Å². The Bertz CT molecular complexity index is 148. The molecule has 0 unspecified atom stereocenters. The van der Waals surface area contributed by atoms with Gasteiger partial charge < -0.3 is 10.4 Å². The van der Waals surface area contributed by atoms with Crippen LogP contribution < -0.4 is 5.32 Å². The van der Waals surface area contributed by atoms with E-state index in [9.17, 15) is 5.11 Å². The molecule has 1 fully saturated rings. The van der Waals surface area contributed by atoms with Gasteiger partial charge >= 0.3 is 0 Å². The summed E-state index contributed by atoms with van der Waals surface area (Å²) in [6.45, 7) is 3.18. The molecule has 0 aliphatic heterocycles. The summed E-state index contributed by atoms with van der Waals surface area (Å²) >= 11 is 0. The summed E-state index contributed by atoms with van der Waals surface area (Å²) in [6.07, 6.45) is 8.89. The molecule has 2 N–H and O–H groups in total. The van der Waals surface area contributed by atoms with Gasteiger partial charge in [0.25, 0.3) is 0 Å². The third-order valence-corrected chi connectivity index (χ3v) is 2.69. The lowest BCUT2D eigenvalue weighted by Gasteiger charge is -2.27. The molecule has 1 aliphatic rings. The molecule has 0 aromatic rings. The van der Waals surface area contributed by atoms with Crippen LogP contribution in [0.5, 0.6) is 0 Å². The molecule has 70 valence electrons. The number of hydrogen-bond donors (Lipinski definition) is 2. The van der Waals surface area contributed by atoms with Gasteiger partial charge in [-0.15, -0.1) is 0 Å². The fourth-order valence-electron chi connectivity index (χ4n) is 1.84. The Labute approximate surface area is 74.7 Å². The Morgan fingerprint density at radius 3 is 2.58 bits per heavy atom. The van der Waals surface area contributed by atoms with Crippen LogP contribution >= 0.6 is 0 Å². The summed E-state index contributed by atoms with van der Waals surface area (Å²) in [6, 6.07) is 0. The van der Waals surface area contributed by atoms with E-state index in [0.29, 0.717) is 0 Å². The molecule has 0 spiro atoms. The highest BCUT2D eigenvalue weighted by atomic mass is 16.3. The van der Waals surface area contributed by atoms with E-state index in [1.54, 1.807) is 0 Å². The summed E-state index contributed by atoms with van der Waals surface area (Å²) in [5, 5.41) is 12.6. The second kappa shape index (κ2) is 4.63. The normalized spacial score (nSPS) is 22.2. The van der Waals surface area contributed by atoms with Crippen LogP contribution in [0.25, 0.3) is 0 Å². The zero-order valence-corrected chi connectivity index (χ0v) is 7.84. The second-order valence-corrected chi connectivity index (χ2v) is 3.60. The lowest BCUT2D eigenvalue weighted by atomic mass is 9.99. The van der Waals surface area contributed by atoms with Gasteiger partial charge in [-0.1, -0.05) is 25.0 Å². The SMILES string of the molecule is C/C=C/CNC1(CO)CCCC1. The largest absolute Gasteiger partial charge is 0.394 e. The van der Waals surface area contributed by atoms with Crippen LogP contribution in [-0.4, -0.2) is 23.8 Å². The minimum atomic E-state index is 0.0412. The predicted molar refractivity (Wildman–Crippen MR) is 51.1 cm³/mol. The van der Waals surface area contributed by atoms with Crippen LogP contribution in [0, 0.1) is 0 Å². The predicted octanol–water partition coefficient (Wildman–Crippen LogP) is 1.46. The molecule has 2 nitrogen and oxygen atoms in total. The van der Waals surface area contributed by atoms with Gasteiger partial charge in [-0.3, -0.25) is 0 Å². The minimum absolute atomic E-state index is 0.0412. The average Bonchev–Trinajstić information content (AvgIpc) is 2.55. The van der Waals surface area contributed by atoms with E-state index in [2.05, 4.69) is 11.4 Å². The first-order valence-corrected chi connectivity index (χ1v) is 4.80. The van der Waals surface area contributed by atoms with Gasteiger partial charge in [0.05, 0.1) is 6.61 Å². The van der Waals surface area contributed by atoms with E-state index in [-0.39, 0.29) is 12.1 Å². The lowest BCUT2D eigenvalue weighted by molar-refractivity contribution is 0.168. The molecule has 0 aromatic heterocycles. The van der Waals surface area contributed by atoms with Crippen LogP contribution in [0.15, 0.2) is 12.2 Å². The fraction of sp³-hybridized carbons (Fsp3) is 0.800. The first-order chi connectivity index (χ1) is 5.83. The quantitative estimate of drug-likeness (QED) is 0.624. The maximum atomic E-state index is 9.23. The molecule has 2 heteroatoms. The van der Waals surface area contributed by atoms with Gasteiger partial charge in [-0.25, -0.2) is 0 Å². The van der Waals surface area contributed by atoms with Crippen molar-refractivity contribution in [1.82, 2.24) is 5.32 Å². The van der Waals surface area contributed by atoms with Crippen molar-refractivity contribution in [3.05, 3.63) is 12.2 Å². The van der Waals surface area contributed by atoms with E-state index in [1.807, 2.05) is 13.0 Å². The van der Waals surface area contributed by atoms with Crippen molar-refractivity contribution in [1.29, 1.82) is 0 Å². The average molecular weight is 169 g/mol. The van der Waals surface area contributed by atoms with Crippen LogP contribution in [0.4, 0.5) is 0 Å². The number of aliphatic hydroxyl groups is 1. The maximum Gasteiger partial charge on any atom is 0.0613 e. The van der Waals surface area contributed by atoms with Crippen molar-refractivity contribution in [2.24, 2.45) is 0 Å². The Morgan fingerprint density at radius 2 is 2.08 bits per heavy atom. The maximum absolute atomic E-state index is 9.23. The van der Waals surface area contributed by atoms with Crippen LogP contribution in [0.1, 0.15) is 32.6 Å². The van der Waals surface area contributed by atoms with E-state index >= 15 is 0 Å². The summed E-state index contributed by atoms with van der Waals surface area (Å²) in [5.74, 6) is 0. The molecule has 0 saturated heterocycles. The first-order valence-electron chi connectivity index (χ1n) is 4.80. The fourth-order valence-corrected chi connectivity index (χ4v) is 1.84. The molecular weight excluding hydrogens is 150 g/mol. The first kappa shape index (κ1) is 9.75. The molecule has 0 atom stereocenters. The van der Waals surface area contributed by atoms with E-state index < -0.39 is 0 Å². The number of allylic oxidation sites excluding steroid dienone is 1. The molecule has 0 heterocycles. The molecule has 1 rings (SSSR count). The van der Waals surface area contributed by atoms with E-state index in [1.165, 1.54) is 12.8 Å². The zero-order chi connectivity index (χ0) is 8.86. The zero-order valence-electron chi connectivity index (χ0n) is 7.84. The Kier molecular flexibility index (Phi) is 3.76. The Balaban J connectivity index is 2.33. The molecule has 1 aliphatic carbocycles. The van der Waals surface area contributed by atoms with Crippen molar-refractivity contribution < 1.29 is 5.11 Å². The number of aliphatic hydroxyl groups excluding tert-OH is 1. The van der Waals surface area contributed by atoms with Crippen molar-refractivity contribution in [3.63, 3.8) is 0 Å². The minimum Gasteiger partial charge on any atom is -0.394 e. The van der Waals surface area contributed by atoms with Crippen molar-refractivity contribution in [2.75, 3.05) is 13.2 Å². The van der Waals surface area contributed by atoms with E-state index in [0.717, 1.165) is 19.4 Å². The standard InChI is InChI=1S/C10H19NO/c1-2-3-8-11-10(9-12)6-4-5-7-10/h2-3,11-12H,4-9H2,1H3/b3-2+. The monoisotopic (exact) mass is 169 g/mol.